The minimum absolute atomic E-state index is 0.156. The number of carbonyl (C=O) groups excluding carboxylic acids is 1. The highest BCUT2D eigenvalue weighted by Gasteiger charge is 2.36. The molecule has 1 aliphatic heterocycles. The van der Waals surface area contributed by atoms with Crippen molar-refractivity contribution < 1.29 is 9.32 Å². The van der Waals surface area contributed by atoms with Crippen molar-refractivity contribution >= 4 is 5.91 Å². The summed E-state index contributed by atoms with van der Waals surface area (Å²) in [5, 5.41) is 3.99. The molecule has 132 valence electrons. The number of hydrogen-bond donors (Lipinski definition) is 1. The minimum atomic E-state index is -0.156. The molecule has 6 heteroatoms. The number of carbonyl (C=O) groups is 1. The maximum Gasteiger partial charge on any atom is 0.292 e. The van der Waals surface area contributed by atoms with Crippen LogP contribution < -0.4 is 5.73 Å². The van der Waals surface area contributed by atoms with Gasteiger partial charge in [-0.05, 0) is 30.2 Å². The van der Waals surface area contributed by atoms with E-state index in [0.29, 0.717) is 31.0 Å². The number of rotatable bonds is 4. The summed E-state index contributed by atoms with van der Waals surface area (Å²) in [5.74, 6) is 0.551. The highest BCUT2D eigenvalue weighted by Crippen LogP contribution is 2.33. The lowest BCUT2D eigenvalue weighted by Gasteiger charge is -2.16. The lowest BCUT2D eigenvalue weighted by atomic mass is 9.89. The van der Waals surface area contributed by atoms with E-state index >= 15 is 0 Å². The second kappa shape index (κ2) is 7.09. The van der Waals surface area contributed by atoms with Crippen LogP contribution in [0.25, 0.3) is 11.4 Å². The molecule has 0 radical (unpaired) electrons. The highest BCUT2D eigenvalue weighted by molar-refractivity contribution is 5.92. The molecular weight excluding hydrogens is 328 g/mol. The van der Waals surface area contributed by atoms with Crippen molar-refractivity contribution in [2.75, 3.05) is 19.6 Å². The van der Waals surface area contributed by atoms with Crippen LogP contribution in [-0.4, -0.2) is 40.6 Å². The molecule has 1 saturated heterocycles. The molecule has 3 heterocycles. The minimum Gasteiger partial charge on any atom is -0.350 e. The first-order valence-electron chi connectivity index (χ1n) is 8.68. The second-order valence-corrected chi connectivity index (χ2v) is 6.51. The van der Waals surface area contributed by atoms with Crippen LogP contribution in [0.2, 0.25) is 0 Å². The lowest BCUT2D eigenvalue weighted by Crippen LogP contribution is -2.29. The number of benzene rings is 1. The first-order valence-corrected chi connectivity index (χ1v) is 8.68. The van der Waals surface area contributed by atoms with Gasteiger partial charge in [0.25, 0.3) is 5.91 Å². The van der Waals surface area contributed by atoms with Gasteiger partial charge in [0.2, 0.25) is 5.76 Å². The van der Waals surface area contributed by atoms with Gasteiger partial charge >= 0.3 is 0 Å². The third kappa shape index (κ3) is 3.11. The van der Waals surface area contributed by atoms with E-state index < -0.39 is 0 Å². The van der Waals surface area contributed by atoms with Gasteiger partial charge in [0, 0.05) is 31.3 Å². The number of nitrogens with two attached hydrogens (primary N) is 1. The Morgan fingerprint density at radius 1 is 1.12 bits per heavy atom. The van der Waals surface area contributed by atoms with Crippen molar-refractivity contribution in [1.82, 2.24) is 15.0 Å². The normalized spacial score (nSPS) is 19.7. The average Bonchev–Trinajstić information content (AvgIpc) is 3.36. The van der Waals surface area contributed by atoms with E-state index in [0.717, 1.165) is 0 Å². The molecule has 6 nitrogen and oxygen atoms in total. The van der Waals surface area contributed by atoms with Gasteiger partial charge < -0.3 is 15.2 Å². The Balaban J connectivity index is 1.53. The van der Waals surface area contributed by atoms with Crippen LogP contribution in [0.15, 0.2) is 65.3 Å². The van der Waals surface area contributed by atoms with Gasteiger partial charge in [-0.3, -0.25) is 9.78 Å². The van der Waals surface area contributed by atoms with E-state index in [9.17, 15) is 4.79 Å². The fourth-order valence-corrected chi connectivity index (χ4v) is 3.52. The van der Waals surface area contributed by atoms with Gasteiger partial charge in [-0.25, -0.2) is 0 Å². The summed E-state index contributed by atoms with van der Waals surface area (Å²) in [6.07, 6.45) is 1.68. The summed E-state index contributed by atoms with van der Waals surface area (Å²) < 4.78 is 5.29. The third-order valence-corrected chi connectivity index (χ3v) is 4.91. The number of pyridine rings is 1. The molecule has 1 aromatic carbocycles. The predicted octanol–water partition coefficient (Wildman–Crippen LogP) is 2.55. The zero-order chi connectivity index (χ0) is 17.9. The molecule has 3 aromatic rings. The van der Waals surface area contributed by atoms with E-state index in [1.807, 2.05) is 36.4 Å². The van der Waals surface area contributed by atoms with Crippen LogP contribution in [0.3, 0.4) is 0 Å². The number of amides is 1. The van der Waals surface area contributed by atoms with Gasteiger partial charge in [0.1, 0.15) is 5.69 Å². The van der Waals surface area contributed by atoms with Crippen molar-refractivity contribution in [2.45, 2.75) is 5.92 Å². The van der Waals surface area contributed by atoms with Crippen molar-refractivity contribution in [3.8, 4) is 11.4 Å². The highest BCUT2D eigenvalue weighted by atomic mass is 16.5. The van der Waals surface area contributed by atoms with E-state index in [1.54, 1.807) is 17.2 Å². The Hall–Kier alpha value is -2.99. The Kier molecular flexibility index (Phi) is 4.50. The summed E-state index contributed by atoms with van der Waals surface area (Å²) in [5.41, 5.74) is 8.41. The molecule has 0 saturated carbocycles. The van der Waals surface area contributed by atoms with Crippen molar-refractivity contribution in [3.63, 3.8) is 0 Å². The van der Waals surface area contributed by atoms with E-state index in [4.69, 9.17) is 10.3 Å². The van der Waals surface area contributed by atoms with Crippen molar-refractivity contribution in [2.24, 2.45) is 11.7 Å². The lowest BCUT2D eigenvalue weighted by molar-refractivity contribution is 0.0745. The maximum atomic E-state index is 12.9. The molecule has 0 aliphatic carbocycles. The van der Waals surface area contributed by atoms with Crippen LogP contribution in [-0.2, 0) is 0 Å². The SMILES string of the molecule is NC[C@@H]1CN(C(=O)c2cc(-c3ccccn3)no2)C[C@H]1c1ccccc1. The molecule has 1 amide bonds. The number of hydrogen-bond acceptors (Lipinski definition) is 5. The topological polar surface area (TPSA) is 85.2 Å². The first-order chi connectivity index (χ1) is 12.8. The average molecular weight is 348 g/mol. The van der Waals surface area contributed by atoms with Gasteiger partial charge in [-0.1, -0.05) is 41.6 Å². The van der Waals surface area contributed by atoms with Gasteiger partial charge in [0.15, 0.2) is 0 Å². The second-order valence-electron chi connectivity index (χ2n) is 6.51. The Labute approximate surface area is 151 Å². The Morgan fingerprint density at radius 3 is 2.65 bits per heavy atom. The molecule has 1 aliphatic rings. The maximum absolute atomic E-state index is 12.9. The number of likely N-dealkylation sites (tertiary alicyclic amines) is 1. The third-order valence-electron chi connectivity index (χ3n) is 4.91. The summed E-state index contributed by atoms with van der Waals surface area (Å²) in [7, 11) is 0. The Morgan fingerprint density at radius 2 is 1.92 bits per heavy atom. The molecule has 2 atom stereocenters. The van der Waals surface area contributed by atoms with Gasteiger partial charge in [-0.15, -0.1) is 0 Å². The molecule has 1 fully saturated rings. The van der Waals surface area contributed by atoms with E-state index in [1.165, 1.54) is 5.56 Å². The molecule has 2 N–H and O–H groups in total. The molecule has 0 spiro atoms. The summed E-state index contributed by atoms with van der Waals surface area (Å²) in [6, 6.07) is 17.4. The molecule has 2 aromatic heterocycles. The first kappa shape index (κ1) is 16.5. The summed E-state index contributed by atoms with van der Waals surface area (Å²) in [4.78, 5) is 18.9. The van der Waals surface area contributed by atoms with Crippen LogP contribution in [0.4, 0.5) is 0 Å². The molecular formula is C20H20N4O2. The van der Waals surface area contributed by atoms with E-state index in [2.05, 4.69) is 22.3 Å². The van der Waals surface area contributed by atoms with Crippen LogP contribution in [0.1, 0.15) is 22.0 Å². The molecule has 0 bridgehead atoms. The zero-order valence-corrected chi connectivity index (χ0v) is 14.3. The fourth-order valence-electron chi connectivity index (χ4n) is 3.52. The Bertz CT molecular complexity index is 879. The van der Waals surface area contributed by atoms with Crippen LogP contribution in [0.5, 0.6) is 0 Å². The number of nitrogens with zero attached hydrogens (tertiary/aromatic N) is 3. The summed E-state index contributed by atoms with van der Waals surface area (Å²) in [6.45, 7) is 1.79. The van der Waals surface area contributed by atoms with Crippen molar-refractivity contribution in [3.05, 3.63) is 72.1 Å². The van der Waals surface area contributed by atoms with Crippen LogP contribution in [0, 0.1) is 5.92 Å². The smallest absolute Gasteiger partial charge is 0.292 e. The zero-order valence-electron chi connectivity index (χ0n) is 14.3. The standard InChI is InChI=1S/C20H20N4O2/c21-11-15-12-24(13-16(15)14-6-2-1-3-7-14)20(25)19-10-18(23-26-19)17-8-4-5-9-22-17/h1-10,15-16H,11-13,21H2/t15-,16+/m1/s1. The molecule has 4 rings (SSSR count). The largest absolute Gasteiger partial charge is 0.350 e. The van der Waals surface area contributed by atoms with Gasteiger partial charge in [-0.2, -0.15) is 0 Å². The van der Waals surface area contributed by atoms with E-state index in [-0.39, 0.29) is 23.5 Å². The quantitative estimate of drug-likeness (QED) is 0.783. The summed E-state index contributed by atoms with van der Waals surface area (Å²) >= 11 is 0. The predicted molar refractivity (Wildman–Crippen MR) is 97.4 cm³/mol. The fraction of sp³-hybridized carbons (Fsp3) is 0.250. The van der Waals surface area contributed by atoms with Crippen LogP contribution >= 0.6 is 0 Å². The molecule has 26 heavy (non-hydrogen) atoms. The monoisotopic (exact) mass is 348 g/mol. The molecule has 0 unspecified atom stereocenters. The number of aromatic nitrogens is 2. The van der Waals surface area contributed by atoms with Crippen molar-refractivity contribution in [1.29, 1.82) is 0 Å². The van der Waals surface area contributed by atoms with Gasteiger partial charge in [0.05, 0.1) is 5.69 Å².